The molecule has 0 saturated carbocycles. The molecule has 1 fully saturated rings. The van der Waals surface area contributed by atoms with Crippen molar-refractivity contribution in [2.24, 2.45) is 0 Å². The first-order chi connectivity index (χ1) is 17.1. The van der Waals surface area contributed by atoms with Crippen LogP contribution in [0.15, 0.2) is 33.5 Å². The van der Waals surface area contributed by atoms with Gasteiger partial charge in [-0.2, -0.15) is 0 Å². The number of para-hydroxylation sites is 1. The Morgan fingerprint density at radius 1 is 0.971 bits per heavy atom. The molecule has 0 bridgehead atoms. The van der Waals surface area contributed by atoms with Gasteiger partial charge >= 0.3 is 5.63 Å². The first-order valence-corrected chi connectivity index (χ1v) is 15.0. The van der Waals surface area contributed by atoms with Crippen LogP contribution in [-0.2, 0) is 4.79 Å². The molecule has 2 heterocycles. The van der Waals surface area contributed by atoms with E-state index in [1.54, 1.807) is 24.3 Å². The summed E-state index contributed by atoms with van der Waals surface area (Å²) in [5.41, 5.74) is -0.940. The SMILES string of the molecule is O=C(CCCCC1CCSS1)NCCCCCCCCNC(=O)c1c(O)c2ccccc2oc1=O. The number of nitrogens with one attached hydrogen (secondary N) is 2. The van der Waals surface area contributed by atoms with E-state index >= 15 is 0 Å². The summed E-state index contributed by atoms with van der Waals surface area (Å²) < 4.78 is 5.14. The van der Waals surface area contributed by atoms with Crippen LogP contribution in [-0.4, -0.2) is 41.0 Å². The minimum atomic E-state index is -0.840. The average molecular weight is 521 g/mol. The molecule has 1 aromatic heterocycles. The van der Waals surface area contributed by atoms with Gasteiger partial charge in [-0.3, -0.25) is 9.59 Å². The normalized spacial score (nSPS) is 15.4. The Labute approximate surface area is 214 Å². The Bertz CT molecular complexity index is 1020. The quantitative estimate of drug-likeness (QED) is 0.164. The van der Waals surface area contributed by atoms with E-state index in [2.05, 4.69) is 10.6 Å². The largest absolute Gasteiger partial charge is 0.506 e. The van der Waals surface area contributed by atoms with Gasteiger partial charge in [0.1, 0.15) is 11.3 Å². The lowest BCUT2D eigenvalue weighted by molar-refractivity contribution is -0.121. The topological polar surface area (TPSA) is 109 Å². The Morgan fingerprint density at radius 3 is 2.43 bits per heavy atom. The Morgan fingerprint density at radius 2 is 1.69 bits per heavy atom. The van der Waals surface area contributed by atoms with Crippen molar-refractivity contribution in [1.29, 1.82) is 0 Å². The maximum atomic E-state index is 12.4. The molecule has 3 N–H and O–H groups in total. The summed E-state index contributed by atoms with van der Waals surface area (Å²) in [6.07, 6.45) is 11.2. The van der Waals surface area contributed by atoms with Crippen LogP contribution < -0.4 is 16.3 Å². The lowest BCUT2D eigenvalue weighted by Gasteiger charge is -2.08. The predicted octanol–water partition coefficient (Wildman–Crippen LogP) is 5.40. The number of amides is 2. The van der Waals surface area contributed by atoms with E-state index in [1.807, 2.05) is 21.6 Å². The fraction of sp³-hybridized carbons (Fsp3) is 0.577. The number of benzene rings is 1. The van der Waals surface area contributed by atoms with E-state index in [4.69, 9.17) is 4.42 Å². The molecular weight excluding hydrogens is 484 g/mol. The van der Waals surface area contributed by atoms with Gasteiger partial charge in [-0.05, 0) is 44.2 Å². The van der Waals surface area contributed by atoms with Gasteiger partial charge in [0.15, 0.2) is 5.56 Å². The van der Waals surface area contributed by atoms with Crippen LogP contribution in [0.5, 0.6) is 5.75 Å². The van der Waals surface area contributed by atoms with E-state index in [-0.39, 0.29) is 22.8 Å². The van der Waals surface area contributed by atoms with Crippen molar-refractivity contribution in [3.05, 3.63) is 40.2 Å². The van der Waals surface area contributed by atoms with Gasteiger partial charge in [-0.1, -0.05) is 65.8 Å². The molecule has 1 atom stereocenters. The molecule has 1 aliphatic heterocycles. The molecule has 0 aliphatic carbocycles. The summed E-state index contributed by atoms with van der Waals surface area (Å²) in [7, 11) is 3.97. The summed E-state index contributed by atoms with van der Waals surface area (Å²) in [5.74, 6) is 0.475. The molecule has 192 valence electrons. The Hall–Kier alpha value is -2.13. The highest BCUT2D eigenvalue weighted by Crippen LogP contribution is 2.39. The number of carbonyl (C=O) groups excluding carboxylic acids is 2. The zero-order valence-electron chi connectivity index (χ0n) is 20.2. The third-order valence-electron chi connectivity index (χ3n) is 6.13. The van der Waals surface area contributed by atoms with Crippen molar-refractivity contribution in [3.8, 4) is 5.75 Å². The standard InChI is InChI=1S/C26H36N2O5S2/c29-22(14-8-5-11-19-15-18-34-35-19)27-16-9-3-1-2-4-10-17-28-25(31)23-24(30)20-12-6-7-13-21(20)33-26(23)32/h6-7,12-13,19,30H,1-5,8-11,14-18H2,(H,27,29)(H,28,31). The van der Waals surface area contributed by atoms with Crippen molar-refractivity contribution < 1.29 is 19.1 Å². The van der Waals surface area contributed by atoms with Crippen LogP contribution in [0.3, 0.4) is 0 Å². The fourth-order valence-electron chi connectivity index (χ4n) is 4.12. The molecular formula is C26H36N2O5S2. The summed E-state index contributed by atoms with van der Waals surface area (Å²) >= 11 is 0. The Kier molecular flexibility index (Phi) is 11.8. The number of hydrogen-bond acceptors (Lipinski definition) is 7. The maximum absolute atomic E-state index is 12.4. The fourth-order valence-corrected chi connectivity index (χ4v) is 7.15. The number of hydrogen-bond donors (Lipinski definition) is 3. The van der Waals surface area contributed by atoms with E-state index in [0.717, 1.165) is 63.2 Å². The minimum Gasteiger partial charge on any atom is -0.506 e. The summed E-state index contributed by atoms with van der Waals surface area (Å²) in [6.45, 7) is 1.17. The molecule has 1 saturated heterocycles. The third kappa shape index (κ3) is 9.11. The van der Waals surface area contributed by atoms with E-state index in [9.17, 15) is 19.5 Å². The van der Waals surface area contributed by atoms with Crippen LogP contribution in [0.4, 0.5) is 0 Å². The van der Waals surface area contributed by atoms with E-state index in [0.29, 0.717) is 18.4 Å². The van der Waals surface area contributed by atoms with Crippen LogP contribution in [0, 0.1) is 0 Å². The molecule has 0 spiro atoms. The first kappa shape index (κ1) is 27.5. The van der Waals surface area contributed by atoms with Gasteiger partial charge in [-0.25, -0.2) is 4.79 Å². The monoisotopic (exact) mass is 520 g/mol. The van der Waals surface area contributed by atoms with Crippen molar-refractivity contribution in [2.45, 2.75) is 75.9 Å². The van der Waals surface area contributed by atoms with Gasteiger partial charge in [0.05, 0.1) is 5.39 Å². The molecule has 1 aliphatic rings. The molecule has 7 nitrogen and oxygen atoms in total. The second kappa shape index (κ2) is 15.1. The smallest absolute Gasteiger partial charge is 0.353 e. The minimum absolute atomic E-state index is 0.167. The first-order valence-electron chi connectivity index (χ1n) is 12.6. The third-order valence-corrected chi connectivity index (χ3v) is 9.14. The summed E-state index contributed by atoms with van der Waals surface area (Å²) in [6, 6.07) is 6.57. The van der Waals surface area contributed by atoms with Crippen molar-refractivity contribution in [3.63, 3.8) is 0 Å². The van der Waals surface area contributed by atoms with E-state index in [1.165, 1.54) is 18.6 Å². The molecule has 35 heavy (non-hydrogen) atoms. The summed E-state index contributed by atoms with van der Waals surface area (Å²) in [4.78, 5) is 36.4. The molecule has 0 radical (unpaired) electrons. The average Bonchev–Trinajstić information content (AvgIpc) is 3.36. The van der Waals surface area contributed by atoms with E-state index < -0.39 is 11.5 Å². The zero-order chi connectivity index (χ0) is 24.9. The van der Waals surface area contributed by atoms with Crippen LogP contribution >= 0.6 is 21.6 Å². The number of aromatic hydroxyl groups is 1. The highest BCUT2D eigenvalue weighted by Gasteiger charge is 2.20. The molecule has 2 amide bonds. The molecule has 1 unspecified atom stereocenters. The van der Waals surface area contributed by atoms with Crippen LogP contribution in [0.2, 0.25) is 0 Å². The van der Waals surface area contributed by atoms with Gasteiger partial charge in [0.25, 0.3) is 5.91 Å². The lowest BCUT2D eigenvalue weighted by Crippen LogP contribution is -2.29. The second-order valence-corrected chi connectivity index (χ2v) is 11.7. The molecule has 1 aromatic carbocycles. The number of carbonyl (C=O) groups is 2. The van der Waals surface area contributed by atoms with Gasteiger partial charge in [0, 0.05) is 30.5 Å². The highest BCUT2D eigenvalue weighted by molar-refractivity contribution is 8.77. The van der Waals surface area contributed by atoms with Gasteiger partial charge in [-0.15, -0.1) is 0 Å². The molecule has 2 aromatic rings. The highest BCUT2D eigenvalue weighted by atomic mass is 33.1. The van der Waals surface area contributed by atoms with Gasteiger partial charge in [0.2, 0.25) is 5.91 Å². The maximum Gasteiger partial charge on any atom is 0.353 e. The number of rotatable bonds is 15. The predicted molar refractivity (Wildman–Crippen MR) is 144 cm³/mol. The van der Waals surface area contributed by atoms with Crippen molar-refractivity contribution >= 4 is 44.4 Å². The van der Waals surface area contributed by atoms with Crippen molar-refractivity contribution in [1.82, 2.24) is 10.6 Å². The number of unbranched alkanes of at least 4 members (excludes halogenated alkanes) is 6. The van der Waals surface area contributed by atoms with Gasteiger partial charge < -0.3 is 20.2 Å². The number of fused-ring (bicyclic) bond motifs is 1. The molecule has 9 heteroatoms. The van der Waals surface area contributed by atoms with Crippen molar-refractivity contribution in [2.75, 3.05) is 18.8 Å². The second-order valence-electron chi connectivity index (χ2n) is 8.91. The lowest BCUT2D eigenvalue weighted by atomic mass is 10.1. The Balaban J connectivity index is 1.18. The zero-order valence-corrected chi connectivity index (χ0v) is 21.8. The van der Waals surface area contributed by atoms with Crippen LogP contribution in [0.25, 0.3) is 11.0 Å². The summed E-state index contributed by atoms with van der Waals surface area (Å²) in [5, 5.41) is 17.2. The van der Waals surface area contributed by atoms with Crippen LogP contribution in [0.1, 0.15) is 81.0 Å². The molecule has 3 rings (SSSR count).